The summed E-state index contributed by atoms with van der Waals surface area (Å²) in [6.45, 7) is 1.70. The van der Waals surface area contributed by atoms with Gasteiger partial charge in [-0.25, -0.2) is 8.42 Å². The average molecular weight is 286 g/mol. The Morgan fingerprint density at radius 1 is 1.47 bits per heavy atom. The molecular formula is C12H18N2O4S. The van der Waals surface area contributed by atoms with Crippen LogP contribution in [0.5, 0.6) is 5.75 Å². The lowest BCUT2D eigenvalue weighted by molar-refractivity contribution is -0.119. The normalized spacial score (nSPS) is 12.8. The van der Waals surface area contributed by atoms with Crippen LogP contribution in [-0.4, -0.2) is 33.7 Å². The molecule has 0 aliphatic rings. The highest BCUT2D eigenvalue weighted by molar-refractivity contribution is 7.92. The molecule has 0 saturated carbocycles. The Labute approximate surface area is 113 Å². The van der Waals surface area contributed by atoms with Gasteiger partial charge in [-0.05, 0) is 18.6 Å². The Kier molecular flexibility index (Phi) is 4.77. The van der Waals surface area contributed by atoms with Gasteiger partial charge in [-0.2, -0.15) is 0 Å². The molecule has 1 aromatic carbocycles. The summed E-state index contributed by atoms with van der Waals surface area (Å²) >= 11 is 0. The average Bonchev–Trinajstić information content (AvgIpc) is 2.33. The number of sulfonamides is 1. The Morgan fingerprint density at radius 2 is 2.11 bits per heavy atom. The van der Waals surface area contributed by atoms with Crippen LogP contribution in [0.3, 0.4) is 0 Å². The smallest absolute Gasteiger partial charge is 0.241 e. The van der Waals surface area contributed by atoms with E-state index in [1.54, 1.807) is 31.2 Å². The van der Waals surface area contributed by atoms with E-state index in [2.05, 4.69) is 0 Å². The number of hydrogen-bond donors (Lipinski definition) is 1. The van der Waals surface area contributed by atoms with Gasteiger partial charge in [0, 0.05) is 6.07 Å². The van der Waals surface area contributed by atoms with E-state index < -0.39 is 22.0 Å². The van der Waals surface area contributed by atoms with Crippen molar-refractivity contribution in [2.24, 2.45) is 5.73 Å². The SMILES string of the molecule is CC[C@H](C(N)=O)N(c1cccc(OC)c1)S(C)(=O)=O. The molecule has 0 aliphatic heterocycles. The van der Waals surface area contributed by atoms with E-state index in [9.17, 15) is 13.2 Å². The third-order valence-electron chi connectivity index (χ3n) is 2.66. The lowest BCUT2D eigenvalue weighted by Crippen LogP contribution is -2.47. The summed E-state index contributed by atoms with van der Waals surface area (Å²) in [5.74, 6) is -0.179. The van der Waals surface area contributed by atoms with Gasteiger partial charge in [0.1, 0.15) is 11.8 Å². The van der Waals surface area contributed by atoms with Crippen molar-refractivity contribution in [3.05, 3.63) is 24.3 Å². The van der Waals surface area contributed by atoms with Crippen LogP contribution in [0.25, 0.3) is 0 Å². The van der Waals surface area contributed by atoms with E-state index in [4.69, 9.17) is 10.5 Å². The van der Waals surface area contributed by atoms with Crippen LogP contribution in [0.1, 0.15) is 13.3 Å². The first kappa shape index (κ1) is 15.3. The molecule has 1 atom stereocenters. The fraction of sp³-hybridized carbons (Fsp3) is 0.417. The molecule has 1 amide bonds. The Morgan fingerprint density at radius 3 is 2.53 bits per heavy atom. The molecule has 0 spiro atoms. The number of anilines is 1. The largest absolute Gasteiger partial charge is 0.497 e. The van der Waals surface area contributed by atoms with Gasteiger partial charge in [0.15, 0.2) is 0 Å². The number of ether oxygens (including phenoxy) is 1. The number of nitrogens with two attached hydrogens (primary N) is 1. The van der Waals surface area contributed by atoms with Crippen molar-refractivity contribution in [3.63, 3.8) is 0 Å². The predicted octanol–water partition coefficient (Wildman–Crippen LogP) is 0.725. The minimum atomic E-state index is -3.62. The molecule has 1 aromatic rings. The maximum atomic E-state index is 11.9. The van der Waals surface area contributed by atoms with Gasteiger partial charge in [-0.3, -0.25) is 9.10 Å². The fourth-order valence-corrected chi connectivity index (χ4v) is 3.04. The zero-order valence-corrected chi connectivity index (χ0v) is 12.0. The van der Waals surface area contributed by atoms with Crippen LogP contribution in [0, 0.1) is 0 Å². The standard InChI is InChI=1S/C12H18N2O4S/c1-4-11(12(13)15)14(19(3,16)17)9-6-5-7-10(8-9)18-2/h5-8,11H,4H2,1-3H3,(H2,13,15)/t11-/m1/s1. The van der Waals surface area contributed by atoms with Crippen molar-refractivity contribution in [1.29, 1.82) is 0 Å². The first-order valence-electron chi connectivity index (χ1n) is 5.74. The molecule has 0 aromatic heterocycles. The van der Waals surface area contributed by atoms with Gasteiger partial charge in [0.05, 0.1) is 19.1 Å². The highest BCUT2D eigenvalue weighted by atomic mass is 32.2. The quantitative estimate of drug-likeness (QED) is 0.834. The molecule has 6 nitrogen and oxygen atoms in total. The van der Waals surface area contributed by atoms with Gasteiger partial charge in [0.2, 0.25) is 15.9 Å². The molecule has 19 heavy (non-hydrogen) atoms. The van der Waals surface area contributed by atoms with E-state index >= 15 is 0 Å². The van der Waals surface area contributed by atoms with Crippen LogP contribution >= 0.6 is 0 Å². The van der Waals surface area contributed by atoms with Gasteiger partial charge >= 0.3 is 0 Å². The highest BCUT2D eigenvalue weighted by Crippen LogP contribution is 2.26. The fourth-order valence-electron chi connectivity index (χ4n) is 1.83. The summed E-state index contributed by atoms with van der Waals surface area (Å²) < 4.78 is 29.9. The number of nitrogens with zero attached hydrogens (tertiary/aromatic N) is 1. The highest BCUT2D eigenvalue weighted by Gasteiger charge is 2.30. The summed E-state index contributed by atoms with van der Waals surface area (Å²) in [6.07, 6.45) is 1.33. The third-order valence-corrected chi connectivity index (χ3v) is 3.84. The summed E-state index contributed by atoms with van der Waals surface area (Å²) in [7, 11) is -2.14. The molecule has 0 heterocycles. The summed E-state index contributed by atoms with van der Waals surface area (Å²) in [6, 6.07) is 5.57. The second-order valence-electron chi connectivity index (χ2n) is 4.09. The van der Waals surface area contributed by atoms with Crippen LogP contribution < -0.4 is 14.8 Å². The van der Waals surface area contributed by atoms with Gasteiger partial charge in [-0.1, -0.05) is 13.0 Å². The lowest BCUT2D eigenvalue weighted by Gasteiger charge is -2.28. The topological polar surface area (TPSA) is 89.7 Å². The van der Waals surface area contributed by atoms with Gasteiger partial charge in [-0.15, -0.1) is 0 Å². The van der Waals surface area contributed by atoms with Crippen molar-refractivity contribution < 1.29 is 17.9 Å². The Hall–Kier alpha value is -1.76. The second-order valence-corrected chi connectivity index (χ2v) is 5.95. The molecule has 0 unspecified atom stereocenters. The molecule has 0 saturated heterocycles. The Balaban J connectivity index is 3.35. The van der Waals surface area contributed by atoms with Crippen LogP contribution in [0.15, 0.2) is 24.3 Å². The number of benzene rings is 1. The predicted molar refractivity (Wildman–Crippen MR) is 73.6 cm³/mol. The van der Waals surface area contributed by atoms with Crippen molar-refractivity contribution in [2.75, 3.05) is 17.7 Å². The second kappa shape index (κ2) is 5.92. The maximum Gasteiger partial charge on any atom is 0.241 e. The van der Waals surface area contributed by atoms with E-state index in [0.717, 1.165) is 10.6 Å². The molecule has 1 rings (SSSR count). The monoisotopic (exact) mass is 286 g/mol. The molecule has 0 radical (unpaired) electrons. The maximum absolute atomic E-state index is 11.9. The number of carbonyl (C=O) groups excluding carboxylic acids is 1. The lowest BCUT2D eigenvalue weighted by atomic mass is 10.2. The molecule has 0 fully saturated rings. The van der Waals surface area contributed by atoms with Gasteiger partial charge in [0.25, 0.3) is 0 Å². The third kappa shape index (κ3) is 3.60. The number of hydrogen-bond acceptors (Lipinski definition) is 4. The Bertz CT molecular complexity index is 557. The zero-order valence-electron chi connectivity index (χ0n) is 11.2. The van der Waals surface area contributed by atoms with Gasteiger partial charge < -0.3 is 10.5 Å². The van der Waals surface area contributed by atoms with Crippen molar-refractivity contribution in [3.8, 4) is 5.75 Å². The number of methoxy groups -OCH3 is 1. The summed E-state index contributed by atoms with van der Waals surface area (Å²) in [5, 5.41) is 0. The molecule has 106 valence electrons. The number of amides is 1. The molecule has 7 heteroatoms. The van der Waals surface area contributed by atoms with E-state index in [1.807, 2.05) is 0 Å². The summed E-state index contributed by atoms with van der Waals surface area (Å²) in [4.78, 5) is 11.4. The minimum Gasteiger partial charge on any atom is -0.497 e. The first-order chi connectivity index (χ1) is 8.81. The first-order valence-corrected chi connectivity index (χ1v) is 7.58. The van der Waals surface area contributed by atoms with Crippen molar-refractivity contribution in [1.82, 2.24) is 0 Å². The number of rotatable bonds is 6. The zero-order chi connectivity index (χ0) is 14.6. The molecule has 0 aliphatic carbocycles. The molecule has 2 N–H and O–H groups in total. The van der Waals surface area contributed by atoms with Crippen LogP contribution in [0.4, 0.5) is 5.69 Å². The number of primary amides is 1. The van der Waals surface area contributed by atoms with E-state index in [0.29, 0.717) is 17.9 Å². The molecule has 0 bridgehead atoms. The minimum absolute atomic E-state index is 0.291. The summed E-state index contributed by atoms with van der Waals surface area (Å²) in [5.41, 5.74) is 5.63. The van der Waals surface area contributed by atoms with Crippen molar-refractivity contribution >= 4 is 21.6 Å². The number of carbonyl (C=O) groups is 1. The van der Waals surface area contributed by atoms with Crippen LogP contribution in [-0.2, 0) is 14.8 Å². The van der Waals surface area contributed by atoms with E-state index in [-0.39, 0.29) is 0 Å². The van der Waals surface area contributed by atoms with Crippen LogP contribution in [0.2, 0.25) is 0 Å². The molecular weight excluding hydrogens is 268 g/mol. The van der Waals surface area contributed by atoms with E-state index in [1.165, 1.54) is 7.11 Å². The van der Waals surface area contributed by atoms with Crippen molar-refractivity contribution in [2.45, 2.75) is 19.4 Å².